The summed E-state index contributed by atoms with van der Waals surface area (Å²) in [5.74, 6) is -0.0827. The van der Waals surface area contributed by atoms with Crippen LogP contribution < -0.4 is 15.5 Å². The Morgan fingerprint density at radius 2 is 1.97 bits per heavy atom. The van der Waals surface area contributed by atoms with E-state index < -0.39 is 5.91 Å². The lowest BCUT2D eigenvalue weighted by atomic mass is 10.1. The van der Waals surface area contributed by atoms with E-state index >= 15 is 0 Å². The van der Waals surface area contributed by atoms with Crippen molar-refractivity contribution in [2.75, 3.05) is 44.4 Å². The first-order valence-corrected chi connectivity index (χ1v) is 10.4. The van der Waals surface area contributed by atoms with Gasteiger partial charge in [0.15, 0.2) is 0 Å². The highest BCUT2D eigenvalue weighted by Gasteiger charge is 2.10. The number of nitrogens with one attached hydrogen (secondary N) is 2. The molecule has 2 N–H and O–H groups in total. The second-order valence-electron chi connectivity index (χ2n) is 7.45. The SMILES string of the molecule is CN(C)CCN(C)c1ccc(Nc2ncc3cccc(Cl)c3n2)cc1C=CC(=O)NC=O. The molecule has 9 heteroatoms. The van der Waals surface area contributed by atoms with Crippen LogP contribution in [0.2, 0.25) is 5.02 Å². The Balaban J connectivity index is 1.91. The molecule has 0 fully saturated rings. The van der Waals surface area contributed by atoms with Gasteiger partial charge in [0, 0.05) is 54.7 Å². The average molecular weight is 453 g/mol. The number of benzene rings is 2. The van der Waals surface area contributed by atoms with Gasteiger partial charge in [-0.2, -0.15) is 0 Å². The molecule has 0 unspecified atom stereocenters. The van der Waals surface area contributed by atoms with Crippen molar-refractivity contribution >= 4 is 58.2 Å². The van der Waals surface area contributed by atoms with Crippen LogP contribution in [-0.2, 0) is 9.59 Å². The predicted molar refractivity (Wildman–Crippen MR) is 129 cm³/mol. The third-order valence-electron chi connectivity index (χ3n) is 4.75. The fourth-order valence-corrected chi connectivity index (χ4v) is 3.29. The Morgan fingerprint density at radius 1 is 1.16 bits per heavy atom. The van der Waals surface area contributed by atoms with Crippen molar-refractivity contribution in [3.8, 4) is 0 Å². The van der Waals surface area contributed by atoms with Crippen LogP contribution in [0.5, 0.6) is 0 Å². The van der Waals surface area contributed by atoms with E-state index in [-0.39, 0.29) is 0 Å². The van der Waals surface area contributed by atoms with Crippen molar-refractivity contribution in [2.45, 2.75) is 0 Å². The molecule has 166 valence electrons. The molecule has 0 atom stereocenters. The Labute approximate surface area is 191 Å². The number of imide groups is 1. The lowest BCUT2D eigenvalue weighted by Gasteiger charge is -2.24. The second-order valence-corrected chi connectivity index (χ2v) is 7.86. The number of amides is 2. The Bertz CT molecular complexity index is 1150. The van der Waals surface area contributed by atoms with Crippen LogP contribution in [0, 0.1) is 0 Å². The topological polar surface area (TPSA) is 90.5 Å². The maximum atomic E-state index is 11.7. The van der Waals surface area contributed by atoms with Gasteiger partial charge in [-0.05, 0) is 44.4 Å². The highest BCUT2D eigenvalue weighted by Crippen LogP contribution is 2.27. The summed E-state index contributed by atoms with van der Waals surface area (Å²) in [6.07, 6.45) is 5.06. The van der Waals surface area contributed by atoms with Gasteiger partial charge in [0.25, 0.3) is 0 Å². The molecule has 0 aliphatic heterocycles. The Hall–Kier alpha value is -3.49. The predicted octanol–water partition coefficient (Wildman–Crippen LogP) is 3.31. The van der Waals surface area contributed by atoms with E-state index in [0.29, 0.717) is 22.9 Å². The number of carbonyl (C=O) groups excluding carboxylic acids is 2. The second kappa shape index (κ2) is 10.7. The number of anilines is 3. The number of aromatic nitrogens is 2. The summed E-state index contributed by atoms with van der Waals surface area (Å²) >= 11 is 6.26. The molecule has 0 saturated heterocycles. The van der Waals surface area contributed by atoms with Gasteiger partial charge in [0.2, 0.25) is 18.3 Å². The van der Waals surface area contributed by atoms with Gasteiger partial charge in [-0.25, -0.2) is 9.97 Å². The number of likely N-dealkylation sites (N-methyl/N-ethyl adjacent to an activating group) is 2. The number of halogens is 1. The number of carbonyl (C=O) groups is 2. The van der Waals surface area contributed by atoms with Crippen LogP contribution in [0.1, 0.15) is 5.56 Å². The summed E-state index contributed by atoms with van der Waals surface area (Å²) in [5, 5.41) is 6.71. The maximum Gasteiger partial charge on any atom is 0.250 e. The summed E-state index contributed by atoms with van der Waals surface area (Å²) in [5.41, 5.74) is 3.15. The van der Waals surface area contributed by atoms with Crippen LogP contribution in [0.15, 0.2) is 48.7 Å². The normalized spacial score (nSPS) is 11.2. The molecule has 0 bridgehead atoms. The van der Waals surface area contributed by atoms with Gasteiger partial charge in [0.1, 0.15) is 0 Å². The fourth-order valence-electron chi connectivity index (χ4n) is 3.06. The summed E-state index contributed by atoms with van der Waals surface area (Å²) < 4.78 is 0. The van der Waals surface area contributed by atoms with Crippen LogP contribution in [0.4, 0.5) is 17.3 Å². The number of hydrogen-bond acceptors (Lipinski definition) is 7. The quantitative estimate of drug-likeness (QED) is 0.380. The van der Waals surface area contributed by atoms with Gasteiger partial charge in [-0.1, -0.05) is 23.7 Å². The molecule has 3 rings (SSSR count). The van der Waals surface area contributed by atoms with Crippen LogP contribution in [0.3, 0.4) is 0 Å². The fraction of sp³-hybridized carbons (Fsp3) is 0.217. The Kier molecular flexibility index (Phi) is 7.75. The van der Waals surface area contributed by atoms with Crippen molar-refractivity contribution in [3.63, 3.8) is 0 Å². The lowest BCUT2D eigenvalue weighted by Crippen LogP contribution is -2.28. The number of nitrogens with zero attached hydrogens (tertiary/aromatic N) is 4. The van der Waals surface area contributed by atoms with Crippen LogP contribution >= 0.6 is 11.6 Å². The number of hydrogen-bond donors (Lipinski definition) is 2. The third kappa shape index (κ3) is 6.03. The van der Waals surface area contributed by atoms with E-state index in [2.05, 4.69) is 30.4 Å². The number of para-hydroxylation sites is 1. The number of fused-ring (bicyclic) bond motifs is 1. The van der Waals surface area contributed by atoms with Gasteiger partial charge in [-0.15, -0.1) is 0 Å². The van der Waals surface area contributed by atoms with Crippen molar-refractivity contribution < 1.29 is 9.59 Å². The van der Waals surface area contributed by atoms with Crippen molar-refractivity contribution in [3.05, 3.63) is 59.3 Å². The van der Waals surface area contributed by atoms with E-state index in [1.807, 2.05) is 51.5 Å². The first-order valence-electron chi connectivity index (χ1n) is 9.98. The monoisotopic (exact) mass is 452 g/mol. The zero-order valence-electron chi connectivity index (χ0n) is 18.2. The van der Waals surface area contributed by atoms with Crippen LogP contribution in [-0.4, -0.2) is 61.4 Å². The molecule has 0 saturated carbocycles. The zero-order valence-corrected chi connectivity index (χ0v) is 18.9. The molecule has 0 aliphatic carbocycles. The van der Waals surface area contributed by atoms with Crippen molar-refractivity contribution in [1.82, 2.24) is 20.2 Å². The number of rotatable bonds is 9. The minimum absolute atomic E-state index is 0.358. The smallest absolute Gasteiger partial charge is 0.250 e. The first-order chi connectivity index (χ1) is 15.4. The average Bonchev–Trinajstić information content (AvgIpc) is 2.77. The molecule has 1 heterocycles. The van der Waals surface area contributed by atoms with E-state index in [1.165, 1.54) is 6.08 Å². The van der Waals surface area contributed by atoms with E-state index in [0.717, 1.165) is 35.4 Å². The highest BCUT2D eigenvalue weighted by atomic mass is 35.5. The molecular formula is C23H25ClN6O2. The van der Waals surface area contributed by atoms with Gasteiger partial charge >= 0.3 is 0 Å². The van der Waals surface area contributed by atoms with E-state index in [1.54, 1.807) is 18.3 Å². The Morgan fingerprint density at radius 3 is 2.72 bits per heavy atom. The first kappa shape index (κ1) is 23.2. The molecule has 0 radical (unpaired) electrons. The molecule has 1 aromatic heterocycles. The van der Waals surface area contributed by atoms with Crippen LogP contribution in [0.25, 0.3) is 17.0 Å². The third-order valence-corrected chi connectivity index (χ3v) is 5.06. The standard InChI is InChI=1S/C23H25ClN6O2/c1-29(2)11-12-30(3)20-9-8-18(13-16(20)7-10-21(32)26-15-31)27-23-25-14-17-5-4-6-19(24)22(17)28-23/h4-10,13-15H,11-12H2,1-3H3,(H,25,27,28)(H,26,31,32). The molecule has 0 aliphatic rings. The van der Waals surface area contributed by atoms with Crippen molar-refractivity contribution in [2.24, 2.45) is 0 Å². The van der Waals surface area contributed by atoms with Gasteiger partial charge in [-0.3, -0.25) is 14.9 Å². The summed E-state index contributed by atoms with van der Waals surface area (Å²) in [6.45, 7) is 1.67. The van der Waals surface area contributed by atoms with Crippen molar-refractivity contribution in [1.29, 1.82) is 0 Å². The van der Waals surface area contributed by atoms with Gasteiger partial charge in [0.05, 0.1) is 10.5 Å². The molecule has 2 amide bonds. The van der Waals surface area contributed by atoms with E-state index in [9.17, 15) is 9.59 Å². The van der Waals surface area contributed by atoms with E-state index in [4.69, 9.17) is 11.6 Å². The molecule has 0 spiro atoms. The minimum Gasteiger partial charge on any atom is -0.373 e. The molecule has 8 nitrogen and oxygen atoms in total. The molecule has 32 heavy (non-hydrogen) atoms. The van der Waals surface area contributed by atoms with Gasteiger partial charge < -0.3 is 15.1 Å². The summed E-state index contributed by atoms with van der Waals surface area (Å²) in [6, 6.07) is 11.3. The summed E-state index contributed by atoms with van der Waals surface area (Å²) in [7, 11) is 6.02. The summed E-state index contributed by atoms with van der Waals surface area (Å²) in [4.78, 5) is 35.3. The zero-order chi connectivity index (χ0) is 23.1. The molecule has 3 aromatic rings. The minimum atomic E-state index is -0.493. The lowest BCUT2D eigenvalue weighted by molar-refractivity contribution is -0.121. The maximum absolute atomic E-state index is 11.7. The molecule has 2 aromatic carbocycles. The highest BCUT2D eigenvalue weighted by molar-refractivity contribution is 6.35. The molecular weight excluding hydrogens is 428 g/mol. The largest absolute Gasteiger partial charge is 0.373 e.